The van der Waals surface area contributed by atoms with E-state index in [4.69, 9.17) is 4.98 Å². The standard InChI is InChI=1S/C34H28N4O3/c1-19(2)17-26-28-29(32(41)37(31(28)40)22-16-15-20-9-3-4-10-21(20)18-22)34(36-26)24-12-6-8-14-27(24)38-30(39)23-11-5-7-13-25(23)35-33(34)38/h3-16,18-19,26,28-29,36H,17H2,1-2H3/t26-,28+,29-,34+/m1/s1. The molecule has 1 spiro atoms. The zero-order valence-electron chi connectivity index (χ0n) is 22.7. The number of carbonyl (C=O) groups excluding carboxylic acids is 2. The number of anilines is 1. The maximum absolute atomic E-state index is 14.6. The minimum absolute atomic E-state index is 0.177. The molecule has 1 N–H and O–H groups in total. The molecule has 4 aromatic carbocycles. The summed E-state index contributed by atoms with van der Waals surface area (Å²) in [6.07, 6.45) is 0.702. The summed E-state index contributed by atoms with van der Waals surface area (Å²) in [6.45, 7) is 4.24. The molecule has 1 aromatic heterocycles. The summed E-state index contributed by atoms with van der Waals surface area (Å²) in [5.41, 5.74) is 1.35. The Morgan fingerprint density at radius 3 is 2.41 bits per heavy atom. The number of carbonyl (C=O) groups is 2. The van der Waals surface area contributed by atoms with Crippen LogP contribution in [-0.4, -0.2) is 27.4 Å². The maximum atomic E-state index is 14.6. The van der Waals surface area contributed by atoms with E-state index in [2.05, 4.69) is 19.2 Å². The Labute approximate surface area is 236 Å². The smallest absolute Gasteiger partial charge is 0.266 e. The monoisotopic (exact) mass is 540 g/mol. The fraction of sp³-hybridized carbons (Fsp3) is 0.235. The zero-order valence-corrected chi connectivity index (χ0v) is 22.7. The average molecular weight is 541 g/mol. The van der Waals surface area contributed by atoms with E-state index in [1.807, 2.05) is 84.9 Å². The van der Waals surface area contributed by atoms with Gasteiger partial charge in [0.05, 0.1) is 34.1 Å². The van der Waals surface area contributed by atoms with E-state index in [-0.39, 0.29) is 29.3 Å². The van der Waals surface area contributed by atoms with Gasteiger partial charge < -0.3 is 0 Å². The van der Waals surface area contributed by atoms with Crippen molar-refractivity contribution in [2.45, 2.75) is 31.8 Å². The molecular formula is C34H28N4O3. The number of fused-ring (bicyclic) bond motifs is 9. The molecule has 0 bridgehead atoms. The van der Waals surface area contributed by atoms with Gasteiger partial charge in [0, 0.05) is 11.6 Å². The van der Waals surface area contributed by atoms with E-state index < -0.39 is 17.4 Å². The molecule has 3 aliphatic rings. The first-order valence-electron chi connectivity index (χ1n) is 14.2. The number of hydrogen-bond acceptors (Lipinski definition) is 5. The highest BCUT2D eigenvalue weighted by molar-refractivity contribution is 6.23. The molecule has 7 heteroatoms. The van der Waals surface area contributed by atoms with Crippen LogP contribution in [-0.2, 0) is 15.1 Å². The largest absolute Gasteiger partial charge is 0.297 e. The molecule has 4 atom stereocenters. The van der Waals surface area contributed by atoms with Crippen LogP contribution in [0.4, 0.5) is 5.69 Å². The van der Waals surface area contributed by atoms with Crippen LogP contribution in [0, 0.1) is 17.8 Å². The quantitative estimate of drug-likeness (QED) is 0.329. The third kappa shape index (κ3) is 3.12. The van der Waals surface area contributed by atoms with Gasteiger partial charge in [0.1, 0.15) is 11.4 Å². The van der Waals surface area contributed by atoms with Crippen LogP contribution in [0.5, 0.6) is 0 Å². The Kier molecular flexibility index (Phi) is 4.98. The van der Waals surface area contributed by atoms with Crippen molar-refractivity contribution in [3.8, 4) is 5.69 Å². The summed E-state index contributed by atoms with van der Waals surface area (Å²) in [4.78, 5) is 49.4. The van der Waals surface area contributed by atoms with E-state index in [1.165, 1.54) is 4.90 Å². The number of hydrogen-bond donors (Lipinski definition) is 1. The average Bonchev–Trinajstić information content (AvgIpc) is 3.55. The number of imide groups is 1. The predicted octanol–water partition coefficient (Wildman–Crippen LogP) is 4.92. The van der Waals surface area contributed by atoms with Crippen LogP contribution >= 0.6 is 0 Å². The van der Waals surface area contributed by atoms with Crippen LogP contribution in [0.1, 0.15) is 31.7 Å². The minimum atomic E-state index is -1.12. The molecule has 41 heavy (non-hydrogen) atoms. The first-order valence-corrected chi connectivity index (χ1v) is 14.2. The van der Waals surface area contributed by atoms with Gasteiger partial charge in [-0.05, 0) is 53.4 Å². The van der Waals surface area contributed by atoms with E-state index in [0.29, 0.717) is 34.5 Å². The van der Waals surface area contributed by atoms with Crippen molar-refractivity contribution in [3.63, 3.8) is 0 Å². The first-order chi connectivity index (χ1) is 19.9. The molecule has 0 unspecified atom stereocenters. The van der Waals surface area contributed by atoms with Gasteiger partial charge in [-0.15, -0.1) is 0 Å². The topological polar surface area (TPSA) is 84.3 Å². The SMILES string of the molecule is CC(C)C[C@H]1N[C@@]2(c3ccccc3-n3c2nc2ccccc2c3=O)[C@H]2C(=O)N(c3ccc4ccccc4c3)C(=O)[C@@H]12. The van der Waals surface area contributed by atoms with E-state index >= 15 is 0 Å². The van der Waals surface area contributed by atoms with Gasteiger partial charge in [0.25, 0.3) is 5.56 Å². The zero-order chi connectivity index (χ0) is 28.0. The van der Waals surface area contributed by atoms with Crippen molar-refractivity contribution in [2.75, 3.05) is 4.90 Å². The van der Waals surface area contributed by atoms with Gasteiger partial charge in [-0.1, -0.05) is 74.5 Å². The van der Waals surface area contributed by atoms with E-state index in [9.17, 15) is 14.4 Å². The maximum Gasteiger partial charge on any atom is 0.266 e. The predicted molar refractivity (Wildman–Crippen MR) is 158 cm³/mol. The second-order valence-electron chi connectivity index (χ2n) is 11.8. The van der Waals surface area contributed by atoms with Crippen LogP contribution < -0.4 is 15.8 Å². The molecule has 202 valence electrons. The lowest BCUT2D eigenvalue weighted by Crippen LogP contribution is -2.50. The summed E-state index contributed by atoms with van der Waals surface area (Å²) in [5, 5.41) is 6.30. The van der Waals surface area contributed by atoms with Crippen molar-refractivity contribution in [3.05, 3.63) is 113 Å². The Hall–Kier alpha value is -4.62. The van der Waals surface area contributed by atoms with E-state index in [1.54, 1.807) is 10.6 Å². The molecule has 2 amide bonds. The van der Waals surface area contributed by atoms with Gasteiger partial charge in [0.15, 0.2) is 0 Å². The third-order valence-electron chi connectivity index (χ3n) is 9.08. The number of nitrogens with zero attached hydrogens (tertiary/aromatic N) is 3. The van der Waals surface area contributed by atoms with Crippen molar-refractivity contribution in [1.29, 1.82) is 0 Å². The molecule has 0 radical (unpaired) electrons. The molecule has 0 aliphatic carbocycles. The van der Waals surface area contributed by atoms with Gasteiger partial charge in [-0.3, -0.25) is 24.3 Å². The molecule has 5 aromatic rings. The Balaban J connectivity index is 1.39. The number of amides is 2. The summed E-state index contributed by atoms with van der Waals surface area (Å²) >= 11 is 0. The minimum Gasteiger partial charge on any atom is -0.297 e. The summed E-state index contributed by atoms with van der Waals surface area (Å²) < 4.78 is 1.65. The van der Waals surface area contributed by atoms with Gasteiger partial charge in [-0.2, -0.15) is 0 Å². The Bertz CT molecular complexity index is 2000. The third-order valence-corrected chi connectivity index (χ3v) is 9.08. The van der Waals surface area contributed by atoms with Crippen LogP contribution in [0.2, 0.25) is 0 Å². The summed E-state index contributed by atoms with van der Waals surface area (Å²) in [5.74, 6) is -1.06. The molecule has 2 saturated heterocycles. The normalized spacial score (nSPS) is 24.6. The number of para-hydroxylation sites is 2. The van der Waals surface area contributed by atoms with Crippen molar-refractivity contribution in [1.82, 2.24) is 14.9 Å². The summed E-state index contributed by atoms with van der Waals surface area (Å²) in [6, 6.07) is 28.3. The Morgan fingerprint density at radius 1 is 0.854 bits per heavy atom. The molecule has 2 fully saturated rings. The fourth-order valence-corrected chi connectivity index (χ4v) is 7.50. The van der Waals surface area contributed by atoms with Crippen LogP contribution in [0.25, 0.3) is 27.4 Å². The van der Waals surface area contributed by atoms with Crippen LogP contribution in [0.15, 0.2) is 95.8 Å². The highest BCUT2D eigenvalue weighted by Gasteiger charge is 2.69. The second-order valence-corrected chi connectivity index (χ2v) is 11.8. The molecule has 8 rings (SSSR count). The second kappa shape index (κ2) is 8.44. The molecule has 3 aliphatic heterocycles. The van der Waals surface area contributed by atoms with Crippen molar-refractivity contribution >= 4 is 39.2 Å². The number of benzene rings is 4. The van der Waals surface area contributed by atoms with Gasteiger partial charge >= 0.3 is 0 Å². The fourth-order valence-electron chi connectivity index (χ4n) is 7.50. The molecule has 4 heterocycles. The van der Waals surface area contributed by atoms with Crippen molar-refractivity contribution in [2.24, 2.45) is 17.8 Å². The van der Waals surface area contributed by atoms with Crippen molar-refractivity contribution < 1.29 is 9.59 Å². The number of rotatable bonds is 3. The lowest BCUT2D eigenvalue weighted by molar-refractivity contribution is -0.123. The highest BCUT2D eigenvalue weighted by Crippen LogP contribution is 2.56. The number of nitrogens with one attached hydrogen (secondary N) is 1. The Morgan fingerprint density at radius 2 is 1.59 bits per heavy atom. The number of aromatic nitrogens is 2. The lowest BCUT2D eigenvalue weighted by Gasteiger charge is -2.32. The highest BCUT2D eigenvalue weighted by atomic mass is 16.2. The molecular weight excluding hydrogens is 512 g/mol. The molecule has 7 nitrogen and oxygen atoms in total. The lowest BCUT2D eigenvalue weighted by atomic mass is 9.75. The first kappa shape index (κ1) is 24.2. The van der Waals surface area contributed by atoms with Gasteiger partial charge in [-0.25, -0.2) is 9.88 Å². The van der Waals surface area contributed by atoms with E-state index in [0.717, 1.165) is 16.3 Å². The summed E-state index contributed by atoms with van der Waals surface area (Å²) in [7, 11) is 0. The van der Waals surface area contributed by atoms with Crippen LogP contribution in [0.3, 0.4) is 0 Å². The molecule has 0 saturated carbocycles. The van der Waals surface area contributed by atoms with Gasteiger partial charge in [0.2, 0.25) is 11.8 Å².